The summed E-state index contributed by atoms with van der Waals surface area (Å²) < 4.78 is 21.1. The number of methoxy groups -OCH3 is 2. The molecule has 2 aliphatic rings. The number of unbranched alkanes of at least 4 members (excludes halogenated alkanes) is 10. The Labute approximate surface area is 373 Å². The number of benzene rings is 2. The topological polar surface area (TPSA) is 112 Å². The molecule has 62 heavy (non-hydrogen) atoms. The van der Waals surface area contributed by atoms with Crippen LogP contribution in [0.2, 0.25) is 0 Å². The van der Waals surface area contributed by atoms with Crippen LogP contribution in [0.3, 0.4) is 0 Å². The zero-order chi connectivity index (χ0) is 43.5. The molecule has 2 amide bonds. The van der Waals surface area contributed by atoms with Crippen LogP contribution in [-0.4, -0.2) is 74.1 Å². The molecule has 2 aromatic heterocycles. The summed E-state index contributed by atoms with van der Waals surface area (Å²) in [6, 6.07) is 23.2. The van der Waals surface area contributed by atoms with Crippen molar-refractivity contribution in [2.45, 2.75) is 77.0 Å². The molecule has 0 saturated heterocycles. The molecule has 6 rings (SSSR count). The van der Waals surface area contributed by atoms with Gasteiger partial charge in [0.05, 0.1) is 59.7 Å². The summed E-state index contributed by atoms with van der Waals surface area (Å²) in [6.45, 7) is 2.43. The molecule has 326 valence electrons. The van der Waals surface area contributed by atoms with Crippen LogP contribution < -0.4 is 9.47 Å². The van der Waals surface area contributed by atoms with E-state index in [0.717, 1.165) is 121 Å². The number of thiophene rings is 2. The highest BCUT2D eigenvalue weighted by Crippen LogP contribution is 2.48. The average Bonchev–Trinajstić information content (AvgIpc) is 4.12. The predicted molar refractivity (Wildman–Crippen MR) is 247 cm³/mol. The first-order valence-corrected chi connectivity index (χ1v) is 23.3. The molecule has 12 heteroatoms. The summed E-state index contributed by atoms with van der Waals surface area (Å²) in [5.41, 5.74) is 4.44. The molecule has 0 saturated carbocycles. The van der Waals surface area contributed by atoms with Gasteiger partial charge in [-0.2, -0.15) is 0 Å². The van der Waals surface area contributed by atoms with E-state index in [1.54, 1.807) is 34.8 Å². The molecule has 0 bridgehead atoms. The lowest BCUT2D eigenvalue weighted by Crippen LogP contribution is -2.30. The monoisotopic (exact) mass is 876 g/mol. The second-order valence-electron chi connectivity index (χ2n) is 15.1. The molecule has 0 aliphatic carbocycles. The number of hydrogen-bond acceptors (Lipinski definition) is 10. The lowest BCUT2D eigenvalue weighted by molar-refractivity contribution is -0.135. The molecular weight excluding hydrogens is 821 g/mol. The number of carbonyl (C=O) groups excluding carboxylic acids is 4. The maximum absolute atomic E-state index is 14.4. The summed E-state index contributed by atoms with van der Waals surface area (Å²) in [6.07, 6.45) is 18.2. The summed E-state index contributed by atoms with van der Waals surface area (Å²) in [5, 5.41) is 4.01. The van der Waals surface area contributed by atoms with Crippen molar-refractivity contribution in [2.75, 3.05) is 40.5 Å². The summed E-state index contributed by atoms with van der Waals surface area (Å²) >= 11 is 3.14. The van der Waals surface area contributed by atoms with Crippen LogP contribution in [0.1, 0.15) is 97.9 Å². The van der Waals surface area contributed by atoms with Gasteiger partial charge in [0.2, 0.25) is 0 Å². The standard InChI is InChI=1S/C50H56N2O8S2/c1-57-43(53)29-23-37-19-25-39(26-20-37)59-33-13-9-5-3-7-11-31-51-47(41-17-15-35-61-41)45-46(49(51)55)48(42-18-16-36-62-42)52(50(45)56)32-12-8-4-6-10-14-34-60-40-27-21-38(22-28-40)24-30-44(54)58-2/h15-30,35-36H,3-14,31-34H2,1-2H3. The number of hydrogen-bond donors (Lipinski definition) is 0. The van der Waals surface area contributed by atoms with Crippen molar-refractivity contribution in [3.8, 4) is 11.5 Å². The van der Waals surface area contributed by atoms with Crippen LogP contribution in [0.15, 0.2) is 107 Å². The van der Waals surface area contributed by atoms with E-state index in [9.17, 15) is 19.2 Å². The SMILES string of the molecule is COC(=O)C=Cc1ccc(OCCCCCCCCN2C(=O)C3=C(c4cccs4)N(CCCCCCCCOc4ccc(C=CC(=O)OC)cc4)C(=O)C3=C2c2cccs2)cc1. The van der Waals surface area contributed by atoms with Crippen molar-refractivity contribution in [1.29, 1.82) is 0 Å². The van der Waals surface area contributed by atoms with E-state index >= 15 is 0 Å². The van der Waals surface area contributed by atoms with Gasteiger partial charge in [0, 0.05) is 25.2 Å². The Bertz CT molecular complexity index is 2050. The van der Waals surface area contributed by atoms with E-state index in [0.29, 0.717) is 37.4 Å². The van der Waals surface area contributed by atoms with Gasteiger partial charge in [-0.15, -0.1) is 22.7 Å². The third kappa shape index (κ3) is 12.7. The van der Waals surface area contributed by atoms with Gasteiger partial charge in [-0.1, -0.05) is 87.8 Å². The predicted octanol–water partition coefficient (Wildman–Crippen LogP) is 10.8. The quantitative estimate of drug-likeness (QED) is 0.0348. The van der Waals surface area contributed by atoms with Gasteiger partial charge in [0.15, 0.2) is 0 Å². The van der Waals surface area contributed by atoms with Crippen molar-refractivity contribution in [1.82, 2.24) is 9.80 Å². The molecule has 0 N–H and O–H groups in total. The van der Waals surface area contributed by atoms with Gasteiger partial charge in [-0.25, -0.2) is 9.59 Å². The summed E-state index contributed by atoms with van der Waals surface area (Å²) in [5.74, 6) is 0.688. The van der Waals surface area contributed by atoms with Gasteiger partial charge in [0.25, 0.3) is 11.8 Å². The van der Waals surface area contributed by atoms with E-state index < -0.39 is 0 Å². The maximum Gasteiger partial charge on any atom is 0.330 e. The number of fused-ring (bicyclic) bond motifs is 1. The number of nitrogens with zero attached hydrogens (tertiary/aromatic N) is 2. The minimum atomic E-state index is -0.387. The first-order chi connectivity index (χ1) is 30.4. The number of esters is 2. The zero-order valence-corrected chi connectivity index (χ0v) is 37.3. The fourth-order valence-corrected chi connectivity index (χ4v) is 9.08. The fourth-order valence-electron chi connectivity index (χ4n) is 7.52. The Morgan fingerprint density at radius 3 is 1.24 bits per heavy atom. The largest absolute Gasteiger partial charge is 0.494 e. The molecule has 0 atom stereocenters. The zero-order valence-electron chi connectivity index (χ0n) is 35.7. The van der Waals surface area contributed by atoms with E-state index in [-0.39, 0.29) is 23.8 Å². The van der Waals surface area contributed by atoms with Gasteiger partial charge in [0.1, 0.15) is 11.5 Å². The van der Waals surface area contributed by atoms with E-state index in [4.69, 9.17) is 9.47 Å². The molecule has 2 aliphatic heterocycles. The highest BCUT2D eigenvalue weighted by atomic mass is 32.1. The van der Waals surface area contributed by atoms with Crippen LogP contribution >= 0.6 is 22.7 Å². The number of amides is 2. The molecule has 10 nitrogen and oxygen atoms in total. The maximum atomic E-state index is 14.4. The molecule has 2 aromatic carbocycles. The van der Waals surface area contributed by atoms with Crippen molar-refractivity contribution >= 4 is 70.0 Å². The smallest absolute Gasteiger partial charge is 0.330 e. The van der Waals surface area contributed by atoms with Crippen LogP contribution in [0.5, 0.6) is 11.5 Å². The molecule has 0 spiro atoms. The Hall–Kier alpha value is -5.72. The Balaban J connectivity index is 0.938. The molecule has 4 aromatic rings. The number of carbonyl (C=O) groups is 4. The van der Waals surface area contributed by atoms with E-state index in [1.807, 2.05) is 93.4 Å². The average molecular weight is 877 g/mol. The molecule has 0 radical (unpaired) electrons. The Morgan fingerprint density at radius 2 is 0.887 bits per heavy atom. The highest BCUT2D eigenvalue weighted by molar-refractivity contribution is 7.11. The summed E-state index contributed by atoms with van der Waals surface area (Å²) in [7, 11) is 2.71. The molecule has 0 fully saturated rings. The van der Waals surface area contributed by atoms with Crippen LogP contribution in [-0.2, 0) is 28.7 Å². The van der Waals surface area contributed by atoms with Crippen molar-refractivity contribution in [3.05, 3.63) is 128 Å². The van der Waals surface area contributed by atoms with Gasteiger partial charge >= 0.3 is 11.9 Å². The highest BCUT2D eigenvalue weighted by Gasteiger charge is 2.49. The van der Waals surface area contributed by atoms with Crippen molar-refractivity contribution in [3.63, 3.8) is 0 Å². The van der Waals surface area contributed by atoms with Gasteiger partial charge in [-0.3, -0.25) is 9.59 Å². The molecule has 4 heterocycles. The van der Waals surface area contributed by atoms with Crippen LogP contribution in [0, 0.1) is 0 Å². The van der Waals surface area contributed by atoms with E-state index in [1.165, 1.54) is 26.4 Å². The first kappa shape index (κ1) is 45.8. The van der Waals surface area contributed by atoms with Gasteiger partial charge in [-0.05, 0) is 96.1 Å². The van der Waals surface area contributed by atoms with Crippen LogP contribution in [0.25, 0.3) is 23.5 Å². The third-order valence-corrected chi connectivity index (χ3v) is 12.5. The van der Waals surface area contributed by atoms with E-state index in [2.05, 4.69) is 9.47 Å². The Kier molecular flexibility index (Phi) is 17.8. The minimum Gasteiger partial charge on any atom is -0.494 e. The number of rotatable bonds is 26. The third-order valence-electron chi connectivity index (χ3n) is 10.8. The first-order valence-electron chi connectivity index (χ1n) is 21.6. The normalized spacial score (nSPS) is 13.9. The summed E-state index contributed by atoms with van der Waals surface area (Å²) in [4.78, 5) is 57.0. The van der Waals surface area contributed by atoms with Gasteiger partial charge < -0.3 is 28.7 Å². The fraction of sp³-hybridized carbons (Fsp3) is 0.360. The second-order valence-corrected chi connectivity index (χ2v) is 17.0. The molecule has 0 unspecified atom stereocenters. The number of ether oxygens (including phenoxy) is 4. The second kappa shape index (κ2) is 24.1. The lowest BCUT2D eigenvalue weighted by Gasteiger charge is -2.24. The lowest BCUT2D eigenvalue weighted by atomic mass is 10.1. The Morgan fingerprint density at radius 1 is 0.516 bits per heavy atom. The molecular formula is C50H56N2O8S2. The van der Waals surface area contributed by atoms with Crippen molar-refractivity contribution in [2.24, 2.45) is 0 Å². The van der Waals surface area contributed by atoms with Crippen molar-refractivity contribution < 1.29 is 38.1 Å². The minimum absolute atomic E-state index is 0.0686. The van der Waals surface area contributed by atoms with Crippen LogP contribution in [0.4, 0.5) is 0 Å².